The van der Waals surface area contributed by atoms with Gasteiger partial charge < -0.3 is 0 Å². The molecule has 0 bridgehead atoms. The second kappa shape index (κ2) is 19.1. The Morgan fingerprint density at radius 3 is 0.917 bits per heavy atom. The molecule has 6 heteroatoms. The fourth-order valence-corrected chi connectivity index (χ4v) is 1.74. The van der Waals surface area contributed by atoms with Gasteiger partial charge in [0, 0.05) is 0 Å². The molecule has 0 aromatic rings. The van der Waals surface area contributed by atoms with Gasteiger partial charge in [-0.2, -0.15) is 0 Å². The molecule has 0 saturated carbocycles. The molecular weight excluding hydrogens is 308 g/mol. The van der Waals surface area contributed by atoms with Crippen LogP contribution < -0.4 is 0 Å². The third kappa shape index (κ3) is 15.3. The van der Waals surface area contributed by atoms with Crippen LogP contribution in [-0.2, 0) is 19.4 Å². The van der Waals surface area contributed by atoms with E-state index in [0.717, 1.165) is 51.4 Å². The fraction of sp³-hybridized carbons (Fsp3) is 1.00. The van der Waals surface area contributed by atoms with E-state index in [9.17, 15) is 0 Å². The molecule has 0 aliphatic carbocycles. The van der Waals surface area contributed by atoms with Crippen molar-refractivity contribution in [2.24, 2.45) is 0 Å². The van der Waals surface area contributed by atoms with Crippen LogP contribution in [0.5, 0.6) is 0 Å². The summed E-state index contributed by atoms with van der Waals surface area (Å²) in [5.41, 5.74) is 0. The Morgan fingerprint density at radius 2 is 0.708 bits per heavy atom. The number of rotatable bonds is 19. The molecule has 0 fully saturated rings. The first-order valence-electron chi connectivity index (χ1n) is 9.85. The predicted molar refractivity (Wildman–Crippen MR) is 96.9 cm³/mol. The van der Waals surface area contributed by atoms with Gasteiger partial charge in [-0.1, -0.05) is 63.8 Å². The lowest BCUT2D eigenvalue weighted by Gasteiger charge is -2.25. The molecule has 146 valence electrons. The minimum Gasteiger partial charge on any atom is -0.274 e. The molecule has 0 spiro atoms. The summed E-state index contributed by atoms with van der Waals surface area (Å²) in [7, 11) is 0. The van der Waals surface area contributed by atoms with Crippen LogP contribution in [0.3, 0.4) is 0 Å². The largest absolute Gasteiger partial charge is 0.274 e. The Morgan fingerprint density at radius 1 is 0.458 bits per heavy atom. The van der Waals surface area contributed by atoms with Crippen molar-refractivity contribution in [3.8, 4) is 0 Å². The first-order chi connectivity index (χ1) is 11.8. The minimum absolute atomic E-state index is 0.589. The van der Waals surface area contributed by atoms with Crippen LogP contribution in [-0.4, -0.2) is 50.0 Å². The number of hydroxylamine groups is 4. The average molecular weight is 349 g/mol. The van der Waals surface area contributed by atoms with E-state index >= 15 is 0 Å². The molecule has 0 aromatic carbocycles. The molecule has 0 radical (unpaired) electrons. The van der Waals surface area contributed by atoms with Gasteiger partial charge in [0.1, 0.15) is 0 Å². The molecule has 0 amide bonds. The van der Waals surface area contributed by atoms with Crippen LogP contribution in [0.15, 0.2) is 0 Å². The summed E-state index contributed by atoms with van der Waals surface area (Å²) in [5.74, 6) is 0. The first-order valence-corrected chi connectivity index (χ1v) is 9.85. The zero-order chi connectivity index (χ0) is 17.9. The van der Waals surface area contributed by atoms with E-state index in [1.165, 1.54) is 0 Å². The molecule has 0 atom stereocenters. The van der Waals surface area contributed by atoms with E-state index in [-0.39, 0.29) is 0 Å². The molecular formula is C18H40N2O4. The first kappa shape index (κ1) is 23.8. The van der Waals surface area contributed by atoms with E-state index in [0.29, 0.717) is 39.5 Å². The Bertz CT molecular complexity index is 201. The lowest BCUT2D eigenvalue weighted by atomic mass is 10.4. The standard InChI is InChI=1S/C18H40N2O4/c1-5-9-15-21-19(22-16-10-6-2)13-14-20(23-17-11-7-3)24-18-12-8-4/h5-18H2,1-4H3. The van der Waals surface area contributed by atoms with Gasteiger partial charge in [0.15, 0.2) is 0 Å². The van der Waals surface area contributed by atoms with Gasteiger partial charge in [-0.15, -0.1) is 0 Å². The van der Waals surface area contributed by atoms with Crippen molar-refractivity contribution in [2.45, 2.75) is 79.1 Å². The summed E-state index contributed by atoms with van der Waals surface area (Å²) in [6.07, 6.45) is 8.53. The van der Waals surface area contributed by atoms with Crippen LogP contribution >= 0.6 is 0 Å². The van der Waals surface area contributed by atoms with Crippen LogP contribution in [0.1, 0.15) is 79.1 Å². The van der Waals surface area contributed by atoms with E-state index in [1.807, 2.05) is 0 Å². The summed E-state index contributed by atoms with van der Waals surface area (Å²) in [5, 5.41) is 3.18. The van der Waals surface area contributed by atoms with Crippen LogP contribution in [0.2, 0.25) is 0 Å². The van der Waals surface area contributed by atoms with Crippen molar-refractivity contribution < 1.29 is 19.4 Å². The van der Waals surface area contributed by atoms with Gasteiger partial charge in [0.25, 0.3) is 0 Å². The average Bonchev–Trinajstić information content (AvgIpc) is 2.59. The monoisotopic (exact) mass is 348 g/mol. The van der Waals surface area contributed by atoms with Gasteiger partial charge in [-0.3, -0.25) is 19.4 Å². The van der Waals surface area contributed by atoms with Crippen LogP contribution in [0.4, 0.5) is 0 Å². The van der Waals surface area contributed by atoms with Crippen LogP contribution in [0, 0.1) is 0 Å². The highest BCUT2D eigenvalue weighted by molar-refractivity contribution is 4.41. The van der Waals surface area contributed by atoms with Gasteiger partial charge in [-0.25, -0.2) is 0 Å². The maximum Gasteiger partial charge on any atom is 0.0711 e. The maximum atomic E-state index is 5.70. The Kier molecular flexibility index (Phi) is 18.9. The fourth-order valence-electron chi connectivity index (χ4n) is 1.74. The molecule has 0 aliphatic rings. The smallest absolute Gasteiger partial charge is 0.0711 e. The Balaban J connectivity index is 4.21. The molecule has 24 heavy (non-hydrogen) atoms. The second-order valence-electron chi connectivity index (χ2n) is 5.86. The zero-order valence-corrected chi connectivity index (χ0v) is 16.4. The predicted octanol–water partition coefficient (Wildman–Crippen LogP) is 4.52. The second-order valence-corrected chi connectivity index (χ2v) is 5.86. The quantitative estimate of drug-likeness (QED) is 0.253. The number of unbranched alkanes of at least 4 members (excludes halogenated alkanes) is 4. The molecule has 0 aliphatic heterocycles. The van der Waals surface area contributed by atoms with Crippen molar-refractivity contribution >= 4 is 0 Å². The molecule has 0 heterocycles. The minimum atomic E-state index is 0.589. The topological polar surface area (TPSA) is 43.4 Å². The van der Waals surface area contributed by atoms with Gasteiger partial charge in [0.05, 0.1) is 39.5 Å². The normalized spacial score (nSPS) is 11.8. The summed E-state index contributed by atoms with van der Waals surface area (Å²) in [6, 6.07) is 0. The Labute approximate surface area is 149 Å². The van der Waals surface area contributed by atoms with Crippen molar-refractivity contribution in [3.05, 3.63) is 0 Å². The third-order valence-corrected chi connectivity index (χ3v) is 3.40. The lowest BCUT2D eigenvalue weighted by Crippen LogP contribution is -2.36. The highest BCUT2D eigenvalue weighted by Gasteiger charge is 2.12. The van der Waals surface area contributed by atoms with Gasteiger partial charge >= 0.3 is 0 Å². The lowest BCUT2D eigenvalue weighted by molar-refractivity contribution is -0.402. The van der Waals surface area contributed by atoms with Crippen molar-refractivity contribution in [1.29, 1.82) is 0 Å². The third-order valence-electron chi connectivity index (χ3n) is 3.40. The van der Waals surface area contributed by atoms with Crippen molar-refractivity contribution in [1.82, 2.24) is 10.5 Å². The van der Waals surface area contributed by atoms with E-state index in [2.05, 4.69) is 27.7 Å². The maximum absolute atomic E-state index is 5.70. The summed E-state index contributed by atoms with van der Waals surface area (Å²) in [6.45, 7) is 12.5. The highest BCUT2D eigenvalue weighted by atomic mass is 17.0. The van der Waals surface area contributed by atoms with Crippen molar-refractivity contribution in [2.75, 3.05) is 39.5 Å². The SMILES string of the molecule is CCCCON(CCN(OCCCC)OCCCC)OCCCC. The molecule has 0 rings (SSSR count). The molecule has 6 nitrogen and oxygen atoms in total. The van der Waals surface area contributed by atoms with Crippen molar-refractivity contribution in [3.63, 3.8) is 0 Å². The van der Waals surface area contributed by atoms with Gasteiger partial charge in [-0.05, 0) is 25.7 Å². The Hall–Kier alpha value is -0.240. The summed E-state index contributed by atoms with van der Waals surface area (Å²) in [4.78, 5) is 22.8. The highest BCUT2D eigenvalue weighted by Crippen LogP contribution is 2.03. The van der Waals surface area contributed by atoms with E-state index in [1.54, 1.807) is 10.5 Å². The molecule has 0 unspecified atom stereocenters. The van der Waals surface area contributed by atoms with Crippen LogP contribution in [0.25, 0.3) is 0 Å². The molecule has 0 saturated heterocycles. The van der Waals surface area contributed by atoms with Gasteiger partial charge in [0.2, 0.25) is 0 Å². The molecule has 0 aromatic heterocycles. The summed E-state index contributed by atoms with van der Waals surface area (Å²) >= 11 is 0. The van der Waals surface area contributed by atoms with E-state index < -0.39 is 0 Å². The van der Waals surface area contributed by atoms with E-state index in [4.69, 9.17) is 19.4 Å². The zero-order valence-electron chi connectivity index (χ0n) is 16.4. The summed E-state index contributed by atoms with van der Waals surface area (Å²) < 4.78 is 0. The number of hydrogen-bond donors (Lipinski definition) is 0. The molecule has 0 N–H and O–H groups in total. The number of nitrogens with zero attached hydrogens (tertiary/aromatic N) is 2. The number of hydrogen-bond acceptors (Lipinski definition) is 6.